The Kier molecular flexibility index (Phi) is 4.11. The van der Waals surface area contributed by atoms with Crippen molar-refractivity contribution in [2.45, 2.75) is 0 Å². The van der Waals surface area contributed by atoms with Gasteiger partial charge in [-0.15, -0.1) is 0 Å². The Labute approximate surface area is 226 Å². The van der Waals surface area contributed by atoms with Gasteiger partial charge in [-0.05, 0) is 73.8 Å². The van der Waals surface area contributed by atoms with Crippen molar-refractivity contribution in [3.8, 4) is 39.1 Å². The van der Waals surface area contributed by atoms with Gasteiger partial charge in [0, 0.05) is 21.8 Å². The number of hydrogen-bond acceptors (Lipinski definition) is 0. The SMILES string of the molecule is c1cc2c3c(cccc3c1)-c1cc(-c3ccc(-n4c5ccccc5c5ccc6ccccc6c54)cc3)ccc1-2. The third-order valence-corrected chi connectivity index (χ3v) is 8.52. The van der Waals surface area contributed by atoms with Crippen molar-refractivity contribution < 1.29 is 0 Å². The number of benzene rings is 7. The van der Waals surface area contributed by atoms with Gasteiger partial charge in [0.2, 0.25) is 0 Å². The van der Waals surface area contributed by atoms with Crippen molar-refractivity contribution in [1.82, 2.24) is 4.57 Å². The van der Waals surface area contributed by atoms with Crippen LogP contribution in [0.5, 0.6) is 0 Å². The molecule has 180 valence electrons. The van der Waals surface area contributed by atoms with E-state index in [0.717, 1.165) is 0 Å². The molecule has 9 rings (SSSR count). The molecular formula is C38H23N. The topological polar surface area (TPSA) is 4.93 Å². The number of fused-ring (bicyclic) bond motifs is 8. The molecule has 1 aromatic heterocycles. The van der Waals surface area contributed by atoms with Crippen LogP contribution in [0.2, 0.25) is 0 Å². The Hall–Kier alpha value is -5.14. The highest BCUT2D eigenvalue weighted by atomic mass is 15.0. The lowest BCUT2D eigenvalue weighted by Gasteiger charge is -2.12. The summed E-state index contributed by atoms with van der Waals surface area (Å²) in [5.41, 5.74) is 11.5. The molecule has 1 heteroatoms. The van der Waals surface area contributed by atoms with Gasteiger partial charge in [-0.2, -0.15) is 0 Å². The fourth-order valence-corrected chi connectivity index (χ4v) is 6.77. The first kappa shape index (κ1) is 20.9. The minimum atomic E-state index is 1.18. The summed E-state index contributed by atoms with van der Waals surface area (Å²) in [7, 11) is 0. The van der Waals surface area contributed by atoms with E-state index in [1.807, 2.05) is 0 Å². The van der Waals surface area contributed by atoms with Crippen molar-refractivity contribution in [2.75, 3.05) is 0 Å². The lowest BCUT2D eigenvalue weighted by molar-refractivity contribution is 1.19. The molecule has 0 spiro atoms. The first-order valence-corrected chi connectivity index (χ1v) is 13.5. The quantitative estimate of drug-likeness (QED) is 0.226. The summed E-state index contributed by atoms with van der Waals surface area (Å²) in [6.07, 6.45) is 0. The van der Waals surface area contributed by atoms with Gasteiger partial charge in [-0.25, -0.2) is 0 Å². The zero-order chi connectivity index (χ0) is 25.5. The van der Waals surface area contributed by atoms with Crippen LogP contribution in [0.4, 0.5) is 0 Å². The van der Waals surface area contributed by atoms with Crippen LogP contribution in [0.3, 0.4) is 0 Å². The Bertz CT molecular complexity index is 2260. The minimum absolute atomic E-state index is 1.18. The highest BCUT2D eigenvalue weighted by molar-refractivity contribution is 6.19. The first-order valence-electron chi connectivity index (χ1n) is 13.5. The van der Waals surface area contributed by atoms with Crippen LogP contribution < -0.4 is 0 Å². The molecule has 1 aliphatic rings. The van der Waals surface area contributed by atoms with Gasteiger partial charge in [0.15, 0.2) is 0 Å². The molecule has 1 aliphatic carbocycles. The molecule has 0 saturated heterocycles. The van der Waals surface area contributed by atoms with Gasteiger partial charge in [-0.1, -0.05) is 115 Å². The van der Waals surface area contributed by atoms with Gasteiger partial charge < -0.3 is 4.57 Å². The molecule has 0 fully saturated rings. The molecule has 8 aromatic rings. The van der Waals surface area contributed by atoms with E-state index in [1.165, 1.54) is 82.4 Å². The molecule has 0 bridgehead atoms. The highest BCUT2D eigenvalue weighted by Gasteiger charge is 2.21. The van der Waals surface area contributed by atoms with Gasteiger partial charge in [0.25, 0.3) is 0 Å². The molecule has 0 radical (unpaired) electrons. The van der Waals surface area contributed by atoms with Crippen LogP contribution in [0.1, 0.15) is 0 Å². The van der Waals surface area contributed by atoms with Gasteiger partial charge in [0.1, 0.15) is 0 Å². The second kappa shape index (κ2) is 7.69. The van der Waals surface area contributed by atoms with Crippen LogP contribution in [0.25, 0.3) is 82.4 Å². The van der Waals surface area contributed by atoms with Crippen LogP contribution >= 0.6 is 0 Å². The number of hydrogen-bond donors (Lipinski definition) is 0. The van der Waals surface area contributed by atoms with Crippen LogP contribution in [-0.2, 0) is 0 Å². The maximum Gasteiger partial charge on any atom is 0.0619 e. The molecule has 0 saturated carbocycles. The average molecular weight is 494 g/mol. The smallest absolute Gasteiger partial charge is 0.0619 e. The van der Waals surface area contributed by atoms with Gasteiger partial charge >= 0.3 is 0 Å². The molecule has 0 amide bonds. The van der Waals surface area contributed by atoms with E-state index in [4.69, 9.17) is 0 Å². The standard InChI is InChI=1S/C38H23N/c1-2-10-29-25(7-1)17-22-34-31-11-3-4-14-36(31)39(38(29)34)28-19-15-24(16-20-28)27-18-21-30-32-12-5-8-26-9-6-13-33(37(26)32)35(30)23-27/h1-23H. The average Bonchev–Trinajstić information content (AvgIpc) is 3.52. The first-order chi connectivity index (χ1) is 19.3. The lowest BCUT2D eigenvalue weighted by atomic mass is 9.97. The predicted octanol–water partition coefficient (Wildman–Crippen LogP) is 10.4. The zero-order valence-electron chi connectivity index (χ0n) is 21.2. The summed E-state index contributed by atoms with van der Waals surface area (Å²) in [5, 5.41) is 7.81. The molecule has 1 nitrogen and oxygen atoms in total. The fourth-order valence-electron chi connectivity index (χ4n) is 6.77. The van der Waals surface area contributed by atoms with E-state index in [0.29, 0.717) is 0 Å². The van der Waals surface area contributed by atoms with Crippen molar-refractivity contribution in [1.29, 1.82) is 0 Å². The molecule has 0 unspecified atom stereocenters. The van der Waals surface area contributed by atoms with E-state index < -0.39 is 0 Å². The van der Waals surface area contributed by atoms with Crippen LogP contribution in [-0.4, -0.2) is 4.57 Å². The molecule has 0 atom stereocenters. The van der Waals surface area contributed by atoms with E-state index in [9.17, 15) is 0 Å². The Morgan fingerprint density at radius 2 is 1.08 bits per heavy atom. The van der Waals surface area contributed by atoms with Crippen LogP contribution in [0.15, 0.2) is 140 Å². The molecule has 7 aromatic carbocycles. The second-order valence-corrected chi connectivity index (χ2v) is 10.6. The summed E-state index contributed by atoms with van der Waals surface area (Å²) in [6.45, 7) is 0. The van der Waals surface area contributed by atoms with E-state index in [1.54, 1.807) is 0 Å². The fraction of sp³-hybridized carbons (Fsp3) is 0. The Morgan fingerprint density at radius 3 is 1.92 bits per heavy atom. The number of aromatic nitrogens is 1. The lowest BCUT2D eigenvalue weighted by Crippen LogP contribution is -1.94. The maximum atomic E-state index is 2.43. The Balaban J connectivity index is 1.21. The highest BCUT2D eigenvalue weighted by Crippen LogP contribution is 2.48. The van der Waals surface area contributed by atoms with Crippen LogP contribution in [0, 0.1) is 0 Å². The summed E-state index contributed by atoms with van der Waals surface area (Å²) in [6, 6.07) is 51.2. The van der Waals surface area contributed by atoms with Crippen molar-refractivity contribution in [3.05, 3.63) is 140 Å². The molecule has 0 N–H and O–H groups in total. The Morgan fingerprint density at radius 1 is 0.385 bits per heavy atom. The van der Waals surface area contributed by atoms with E-state index in [-0.39, 0.29) is 0 Å². The predicted molar refractivity (Wildman–Crippen MR) is 166 cm³/mol. The normalized spacial score (nSPS) is 12.1. The molecule has 39 heavy (non-hydrogen) atoms. The zero-order valence-corrected chi connectivity index (χ0v) is 21.2. The van der Waals surface area contributed by atoms with Gasteiger partial charge in [0.05, 0.1) is 11.0 Å². The van der Waals surface area contributed by atoms with E-state index >= 15 is 0 Å². The summed E-state index contributed by atoms with van der Waals surface area (Å²) in [5.74, 6) is 0. The third kappa shape index (κ3) is 2.85. The maximum absolute atomic E-state index is 2.43. The largest absolute Gasteiger partial charge is 0.309 e. The number of para-hydroxylation sites is 1. The van der Waals surface area contributed by atoms with Crippen molar-refractivity contribution >= 4 is 43.4 Å². The molecule has 0 aliphatic heterocycles. The third-order valence-electron chi connectivity index (χ3n) is 8.52. The second-order valence-electron chi connectivity index (χ2n) is 10.6. The number of rotatable bonds is 2. The summed E-state index contributed by atoms with van der Waals surface area (Å²) >= 11 is 0. The molecular weight excluding hydrogens is 470 g/mol. The molecule has 1 heterocycles. The number of nitrogens with zero attached hydrogens (tertiary/aromatic N) is 1. The minimum Gasteiger partial charge on any atom is -0.309 e. The summed E-state index contributed by atoms with van der Waals surface area (Å²) in [4.78, 5) is 0. The van der Waals surface area contributed by atoms with E-state index in [2.05, 4.69) is 144 Å². The monoisotopic (exact) mass is 493 g/mol. The van der Waals surface area contributed by atoms with Crippen molar-refractivity contribution in [3.63, 3.8) is 0 Å². The van der Waals surface area contributed by atoms with Crippen molar-refractivity contribution in [2.24, 2.45) is 0 Å². The summed E-state index contributed by atoms with van der Waals surface area (Å²) < 4.78 is 2.43. The van der Waals surface area contributed by atoms with Gasteiger partial charge in [-0.3, -0.25) is 0 Å².